The molecule has 11 heteroatoms. The number of anilines is 1. The summed E-state index contributed by atoms with van der Waals surface area (Å²) in [4.78, 5) is 54.9. The number of carbonyl (C=O) groups excluding carboxylic acids is 3. The van der Waals surface area contributed by atoms with E-state index in [0.29, 0.717) is 12.8 Å². The van der Waals surface area contributed by atoms with Crippen LogP contribution in [0.1, 0.15) is 77.0 Å². The molecule has 1 fully saturated rings. The van der Waals surface area contributed by atoms with E-state index in [9.17, 15) is 29.4 Å². The van der Waals surface area contributed by atoms with E-state index in [1.807, 2.05) is 0 Å². The number of unbranched alkanes of at least 4 members (excludes halogenated alkanes) is 1. The van der Waals surface area contributed by atoms with Crippen LogP contribution in [0.25, 0.3) is 0 Å². The van der Waals surface area contributed by atoms with Crippen LogP contribution in [0.5, 0.6) is 0 Å². The van der Waals surface area contributed by atoms with Gasteiger partial charge in [-0.2, -0.15) is 0 Å². The predicted molar refractivity (Wildman–Crippen MR) is 141 cm³/mol. The Hall–Kier alpha value is -3.21. The van der Waals surface area contributed by atoms with Gasteiger partial charge in [0.05, 0.1) is 5.60 Å². The molecule has 38 heavy (non-hydrogen) atoms. The maximum absolute atomic E-state index is 12.7. The van der Waals surface area contributed by atoms with Crippen molar-refractivity contribution in [2.75, 3.05) is 25.0 Å². The Morgan fingerprint density at radius 2 is 1.89 bits per heavy atom. The molecule has 2 aliphatic heterocycles. The van der Waals surface area contributed by atoms with E-state index < -0.39 is 29.1 Å². The number of aliphatic carboxylic acids is 1. The molecule has 1 aromatic rings. The summed E-state index contributed by atoms with van der Waals surface area (Å²) >= 11 is 0. The van der Waals surface area contributed by atoms with Crippen LogP contribution < -0.4 is 16.0 Å². The number of hydrogen-bond donors (Lipinski definition) is 5. The van der Waals surface area contributed by atoms with Gasteiger partial charge in [0.15, 0.2) is 6.04 Å². The highest BCUT2D eigenvalue weighted by Crippen LogP contribution is 2.27. The number of aliphatic hydroxyl groups is 1. The first-order valence-electron chi connectivity index (χ1n) is 13.4. The lowest BCUT2D eigenvalue weighted by molar-refractivity contribution is -0.155. The molecule has 1 saturated heterocycles. The lowest BCUT2D eigenvalue weighted by atomic mass is 9.83. The quantitative estimate of drug-likeness (QED) is 0.268. The average Bonchev–Trinajstić information content (AvgIpc) is 2.84. The van der Waals surface area contributed by atoms with E-state index in [0.717, 1.165) is 43.7 Å². The van der Waals surface area contributed by atoms with Gasteiger partial charge in [-0.05, 0) is 70.4 Å². The van der Waals surface area contributed by atoms with Crippen LogP contribution >= 0.6 is 0 Å². The SMILES string of the molecule is CC(=O)NC(C)(C)CC(=O)NC(C(=O)O)C1(O)CCN(C(=O)CCCCc2ccc3c(n2)NCCC3)CC1. The minimum atomic E-state index is -1.68. The number of piperidine rings is 1. The Morgan fingerprint density at radius 1 is 1.18 bits per heavy atom. The van der Waals surface area contributed by atoms with Gasteiger partial charge in [-0.1, -0.05) is 6.07 Å². The van der Waals surface area contributed by atoms with Gasteiger partial charge < -0.3 is 31.1 Å². The molecule has 0 aromatic carbocycles. The molecule has 3 heterocycles. The Kier molecular flexibility index (Phi) is 9.70. The number of nitrogens with zero attached hydrogens (tertiary/aromatic N) is 2. The van der Waals surface area contributed by atoms with Crippen LogP contribution in [0, 0.1) is 0 Å². The Morgan fingerprint density at radius 3 is 2.55 bits per heavy atom. The zero-order chi connectivity index (χ0) is 27.9. The number of carboxylic acids is 1. The summed E-state index contributed by atoms with van der Waals surface area (Å²) in [6.45, 7) is 6.02. The summed E-state index contributed by atoms with van der Waals surface area (Å²) in [6, 6.07) is 2.66. The lowest BCUT2D eigenvalue weighted by Crippen LogP contribution is -2.62. The van der Waals surface area contributed by atoms with Crippen molar-refractivity contribution in [1.82, 2.24) is 20.5 Å². The van der Waals surface area contributed by atoms with Crippen LogP contribution in [-0.4, -0.2) is 80.6 Å². The van der Waals surface area contributed by atoms with E-state index >= 15 is 0 Å². The third kappa shape index (κ3) is 8.14. The Labute approximate surface area is 223 Å². The molecule has 0 bridgehead atoms. The van der Waals surface area contributed by atoms with E-state index in [2.05, 4.69) is 33.1 Å². The first-order valence-corrected chi connectivity index (χ1v) is 13.4. The second-order valence-electron chi connectivity index (χ2n) is 11.1. The van der Waals surface area contributed by atoms with Gasteiger partial charge in [-0.25, -0.2) is 9.78 Å². The highest BCUT2D eigenvalue weighted by atomic mass is 16.4. The summed E-state index contributed by atoms with van der Waals surface area (Å²) in [5.41, 5.74) is -0.290. The van der Waals surface area contributed by atoms with Crippen molar-refractivity contribution in [3.8, 4) is 0 Å². The first kappa shape index (κ1) is 29.3. The monoisotopic (exact) mass is 531 g/mol. The number of carboxylic acid groups (broad SMARTS) is 1. The van der Waals surface area contributed by atoms with Crippen LogP contribution in [0.15, 0.2) is 12.1 Å². The molecule has 210 valence electrons. The Balaban J connectivity index is 1.44. The fraction of sp³-hybridized carbons (Fsp3) is 0.667. The Bertz CT molecular complexity index is 1030. The third-order valence-corrected chi connectivity index (χ3v) is 7.21. The molecule has 1 aromatic heterocycles. The minimum Gasteiger partial charge on any atom is -0.480 e. The molecule has 0 saturated carbocycles. The third-order valence-electron chi connectivity index (χ3n) is 7.21. The molecule has 1 unspecified atom stereocenters. The van der Waals surface area contributed by atoms with Crippen molar-refractivity contribution in [3.05, 3.63) is 23.4 Å². The zero-order valence-corrected chi connectivity index (χ0v) is 22.6. The number of likely N-dealkylation sites (tertiary alicyclic amines) is 1. The van der Waals surface area contributed by atoms with Crippen molar-refractivity contribution in [2.45, 2.75) is 95.7 Å². The topological polar surface area (TPSA) is 161 Å². The number of pyridine rings is 1. The van der Waals surface area contributed by atoms with Gasteiger partial charge >= 0.3 is 5.97 Å². The molecule has 3 amide bonds. The number of nitrogens with one attached hydrogen (secondary N) is 3. The van der Waals surface area contributed by atoms with Gasteiger partial charge in [0.1, 0.15) is 5.82 Å². The van der Waals surface area contributed by atoms with Crippen molar-refractivity contribution < 1.29 is 29.4 Å². The van der Waals surface area contributed by atoms with Gasteiger partial charge in [-0.3, -0.25) is 14.4 Å². The number of fused-ring (bicyclic) bond motifs is 1. The van der Waals surface area contributed by atoms with Crippen LogP contribution in [0.3, 0.4) is 0 Å². The number of aromatic nitrogens is 1. The largest absolute Gasteiger partial charge is 0.480 e. The molecule has 0 radical (unpaired) electrons. The number of rotatable bonds is 11. The van der Waals surface area contributed by atoms with E-state index in [1.54, 1.807) is 18.7 Å². The summed E-state index contributed by atoms with van der Waals surface area (Å²) < 4.78 is 0. The van der Waals surface area contributed by atoms with Gasteiger partial charge in [-0.15, -0.1) is 0 Å². The second kappa shape index (κ2) is 12.6. The molecule has 11 nitrogen and oxygen atoms in total. The highest BCUT2D eigenvalue weighted by molar-refractivity contribution is 5.86. The fourth-order valence-corrected chi connectivity index (χ4v) is 5.24. The highest BCUT2D eigenvalue weighted by Gasteiger charge is 2.45. The van der Waals surface area contributed by atoms with Gasteiger partial charge in [0, 0.05) is 50.6 Å². The normalized spacial score (nSPS) is 17.5. The van der Waals surface area contributed by atoms with Crippen molar-refractivity contribution in [2.24, 2.45) is 0 Å². The van der Waals surface area contributed by atoms with Crippen LogP contribution in [-0.2, 0) is 32.0 Å². The molecule has 0 aliphatic carbocycles. The number of carbonyl (C=O) groups is 4. The predicted octanol–water partition coefficient (Wildman–Crippen LogP) is 1.38. The zero-order valence-electron chi connectivity index (χ0n) is 22.6. The minimum absolute atomic E-state index is 0.0277. The van der Waals surface area contributed by atoms with Crippen molar-refractivity contribution in [3.63, 3.8) is 0 Å². The van der Waals surface area contributed by atoms with Crippen molar-refractivity contribution >= 4 is 29.5 Å². The molecule has 3 rings (SSSR count). The summed E-state index contributed by atoms with van der Waals surface area (Å²) in [6.07, 6.45) is 4.81. The summed E-state index contributed by atoms with van der Waals surface area (Å²) in [5.74, 6) is -1.30. The summed E-state index contributed by atoms with van der Waals surface area (Å²) in [5, 5.41) is 29.2. The number of amides is 3. The van der Waals surface area contributed by atoms with Gasteiger partial charge in [0.2, 0.25) is 17.7 Å². The number of aryl methyl sites for hydroxylation is 2. The van der Waals surface area contributed by atoms with E-state index in [4.69, 9.17) is 0 Å². The summed E-state index contributed by atoms with van der Waals surface area (Å²) in [7, 11) is 0. The first-order chi connectivity index (χ1) is 17.9. The molecule has 1 atom stereocenters. The molecular formula is C27H41N5O6. The molecule has 2 aliphatic rings. The lowest BCUT2D eigenvalue weighted by Gasteiger charge is -2.41. The van der Waals surface area contributed by atoms with E-state index in [1.165, 1.54) is 12.5 Å². The maximum atomic E-state index is 12.7. The standard InChI is InChI=1S/C27H41N5O6/c1-18(33)31-26(2,3)17-21(34)30-23(25(36)37)27(38)12-15-32(16-13-27)22(35)9-5-4-8-20-11-10-19-7-6-14-28-24(19)29-20/h10-11,23,38H,4-9,12-17H2,1-3H3,(H,28,29)(H,30,34)(H,31,33)(H,36,37). The van der Waals surface area contributed by atoms with Crippen LogP contribution in [0.2, 0.25) is 0 Å². The fourth-order valence-electron chi connectivity index (χ4n) is 5.24. The molecule has 5 N–H and O–H groups in total. The average molecular weight is 532 g/mol. The smallest absolute Gasteiger partial charge is 0.329 e. The second-order valence-corrected chi connectivity index (χ2v) is 11.1. The van der Waals surface area contributed by atoms with E-state index in [-0.39, 0.29) is 44.2 Å². The number of hydrogen-bond acceptors (Lipinski definition) is 7. The molecular weight excluding hydrogens is 490 g/mol. The molecule has 0 spiro atoms. The van der Waals surface area contributed by atoms with Crippen LogP contribution in [0.4, 0.5) is 5.82 Å². The van der Waals surface area contributed by atoms with Crippen molar-refractivity contribution in [1.29, 1.82) is 0 Å². The van der Waals surface area contributed by atoms with Gasteiger partial charge in [0.25, 0.3) is 0 Å². The maximum Gasteiger partial charge on any atom is 0.329 e.